The van der Waals surface area contributed by atoms with Gasteiger partial charge in [0.25, 0.3) is 0 Å². The summed E-state index contributed by atoms with van der Waals surface area (Å²) in [6.45, 7) is 0. The number of rotatable bonds is 8. The number of thioether (sulfide) groups is 1. The van der Waals surface area contributed by atoms with E-state index in [-0.39, 0.29) is 17.7 Å². The van der Waals surface area contributed by atoms with Gasteiger partial charge in [0, 0.05) is 27.4 Å². The second kappa shape index (κ2) is 12.8. The maximum Gasteiger partial charge on any atom is 0.243 e. The van der Waals surface area contributed by atoms with Crippen molar-refractivity contribution in [2.24, 2.45) is 5.92 Å². The van der Waals surface area contributed by atoms with Crippen LogP contribution in [0.3, 0.4) is 0 Å². The molecule has 1 aliphatic rings. The molecule has 0 radical (unpaired) electrons. The molecule has 0 spiro atoms. The van der Waals surface area contributed by atoms with Crippen molar-refractivity contribution < 1.29 is 9.59 Å². The van der Waals surface area contributed by atoms with Crippen molar-refractivity contribution in [2.45, 2.75) is 42.2 Å². The molecule has 1 atom stereocenters. The fraction of sp³-hybridized carbons (Fsp3) is 0.219. The van der Waals surface area contributed by atoms with E-state index >= 15 is 0 Å². The first-order valence-corrected chi connectivity index (χ1v) is 14.9. The minimum Gasteiger partial charge on any atom is -0.326 e. The minimum absolute atomic E-state index is 0.0683. The molecule has 1 aromatic heterocycles. The summed E-state index contributed by atoms with van der Waals surface area (Å²) in [5, 5.41) is 17.9. The molecule has 0 saturated heterocycles. The Hall–Kier alpha value is -3.86. The highest BCUT2D eigenvalue weighted by Crippen LogP contribution is 2.40. The molecule has 1 aliphatic carbocycles. The summed E-state index contributed by atoms with van der Waals surface area (Å²) in [7, 11) is 0. The van der Waals surface area contributed by atoms with Crippen molar-refractivity contribution >= 4 is 45.6 Å². The zero-order chi connectivity index (χ0) is 27.0. The Labute approximate surface area is 237 Å². The normalized spacial score (nSPS) is 14.2. The van der Waals surface area contributed by atoms with Gasteiger partial charge in [-0.05, 0) is 42.2 Å². The summed E-state index contributed by atoms with van der Waals surface area (Å²) >= 11 is 2.78. The summed E-state index contributed by atoms with van der Waals surface area (Å²) in [5.74, 6) is -0.0650. The molecule has 2 amide bonds. The Bertz CT molecular complexity index is 1470. The van der Waals surface area contributed by atoms with E-state index in [0.717, 1.165) is 53.0 Å². The van der Waals surface area contributed by atoms with Gasteiger partial charge >= 0.3 is 0 Å². The lowest BCUT2D eigenvalue weighted by atomic mass is 9.88. The van der Waals surface area contributed by atoms with Gasteiger partial charge in [0.15, 0.2) is 0 Å². The van der Waals surface area contributed by atoms with Gasteiger partial charge in [-0.25, -0.2) is 0 Å². The van der Waals surface area contributed by atoms with Gasteiger partial charge in [-0.15, -0.1) is 23.1 Å². The molecule has 39 heavy (non-hydrogen) atoms. The first-order valence-electron chi connectivity index (χ1n) is 13.1. The molecule has 5 rings (SSSR count). The molecule has 5 nitrogen and oxygen atoms in total. The number of hydrogen-bond donors (Lipinski definition) is 2. The van der Waals surface area contributed by atoms with Crippen LogP contribution in [0.4, 0.5) is 10.7 Å². The number of carbonyl (C=O) groups is 2. The smallest absolute Gasteiger partial charge is 0.243 e. The van der Waals surface area contributed by atoms with Gasteiger partial charge < -0.3 is 10.6 Å². The van der Waals surface area contributed by atoms with Crippen molar-refractivity contribution in [2.75, 3.05) is 10.6 Å². The summed E-state index contributed by atoms with van der Waals surface area (Å²) in [4.78, 5) is 27.4. The van der Waals surface area contributed by atoms with E-state index in [0.29, 0.717) is 10.6 Å². The number of benzene rings is 3. The van der Waals surface area contributed by atoms with Crippen LogP contribution in [0.5, 0.6) is 0 Å². The zero-order valence-electron chi connectivity index (χ0n) is 21.4. The topological polar surface area (TPSA) is 82.0 Å². The molecule has 0 aliphatic heterocycles. The number of hydrogen-bond acceptors (Lipinski definition) is 5. The van der Waals surface area contributed by atoms with E-state index in [9.17, 15) is 14.9 Å². The number of nitriles is 1. The van der Waals surface area contributed by atoms with Crippen molar-refractivity contribution in [1.82, 2.24) is 0 Å². The Morgan fingerprint density at radius 1 is 0.897 bits per heavy atom. The molecule has 1 saturated carbocycles. The predicted molar refractivity (Wildman–Crippen MR) is 160 cm³/mol. The summed E-state index contributed by atoms with van der Waals surface area (Å²) in [6.07, 6.45) is 5.29. The molecule has 1 heterocycles. The average molecular weight is 552 g/mol. The molecule has 7 heteroatoms. The highest BCUT2D eigenvalue weighted by Gasteiger charge is 2.25. The van der Waals surface area contributed by atoms with Crippen LogP contribution in [-0.4, -0.2) is 11.8 Å². The third-order valence-electron chi connectivity index (χ3n) is 6.90. The van der Waals surface area contributed by atoms with Gasteiger partial charge in [0.05, 0.1) is 5.56 Å². The Morgan fingerprint density at radius 2 is 1.62 bits per heavy atom. The van der Waals surface area contributed by atoms with E-state index < -0.39 is 5.25 Å². The largest absolute Gasteiger partial charge is 0.326 e. The van der Waals surface area contributed by atoms with Crippen molar-refractivity contribution in [3.63, 3.8) is 0 Å². The molecular formula is C32H29N3O2S2. The maximum absolute atomic E-state index is 13.7. The second-order valence-electron chi connectivity index (χ2n) is 9.58. The quantitative estimate of drug-likeness (QED) is 0.216. The molecular weight excluding hydrogens is 523 g/mol. The summed E-state index contributed by atoms with van der Waals surface area (Å²) in [6, 6.07) is 29.3. The fourth-order valence-corrected chi connectivity index (χ4v) is 6.87. The van der Waals surface area contributed by atoms with Crippen LogP contribution < -0.4 is 10.6 Å². The maximum atomic E-state index is 13.7. The van der Waals surface area contributed by atoms with Crippen molar-refractivity contribution in [1.29, 1.82) is 5.26 Å². The first-order chi connectivity index (χ1) is 19.1. The molecule has 4 aromatic rings. The van der Waals surface area contributed by atoms with Crippen LogP contribution in [0, 0.1) is 17.2 Å². The zero-order valence-corrected chi connectivity index (χ0v) is 23.1. The lowest BCUT2D eigenvalue weighted by Crippen LogP contribution is -2.24. The van der Waals surface area contributed by atoms with E-state index in [1.165, 1.54) is 29.5 Å². The third-order valence-corrected chi connectivity index (χ3v) is 9.04. The molecule has 1 fully saturated rings. The summed E-state index contributed by atoms with van der Waals surface area (Å²) < 4.78 is 0. The minimum atomic E-state index is -0.552. The van der Waals surface area contributed by atoms with Gasteiger partial charge in [-0.1, -0.05) is 86.0 Å². The van der Waals surface area contributed by atoms with Crippen LogP contribution in [0.2, 0.25) is 0 Å². The van der Waals surface area contributed by atoms with Gasteiger partial charge in [0.2, 0.25) is 11.8 Å². The van der Waals surface area contributed by atoms with Gasteiger partial charge in [-0.2, -0.15) is 5.26 Å². The van der Waals surface area contributed by atoms with Crippen molar-refractivity contribution in [3.05, 3.63) is 101 Å². The van der Waals surface area contributed by atoms with E-state index in [4.69, 9.17) is 0 Å². The number of nitrogens with zero attached hydrogens (tertiary/aromatic N) is 1. The predicted octanol–water partition coefficient (Wildman–Crippen LogP) is 8.28. The highest BCUT2D eigenvalue weighted by atomic mass is 32.2. The number of amides is 2. The molecule has 196 valence electrons. The van der Waals surface area contributed by atoms with Crippen LogP contribution >= 0.6 is 23.1 Å². The van der Waals surface area contributed by atoms with Gasteiger partial charge in [0.1, 0.15) is 16.3 Å². The average Bonchev–Trinajstić information content (AvgIpc) is 3.39. The molecule has 2 N–H and O–H groups in total. The first kappa shape index (κ1) is 26.7. The van der Waals surface area contributed by atoms with Crippen molar-refractivity contribution in [3.8, 4) is 17.2 Å². The Kier molecular flexibility index (Phi) is 8.77. The van der Waals surface area contributed by atoms with Gasteiger partial charge in [-0.3, -0.25) is 9.59 Å². The lowest BCUT2D eigenvalue weighted by Gasteiger charge is -2.21. The number of nitrogens with one attached hydrogen (secondary N) is 2. The van der Waals surface area contributed by atoms with Crippen LogP contribution in [0.25, 0.3) is 11.1 Å². The number of anilines is 2. The highest BCUT2D eigenvalue weighted by molar-refractivity contribution is 8.00. The summed E-state index contributed by atoms with van der Waals surface area (Å²) in [5.41, 5.74) is 3.80. The second-order valence-corrected chi connectivity index (χ2v) is 11.6. The number of carbonyl (C=O) groups excluding carboxylic acids is 2. The van der Waals surface area contributed by atoms with E-state index in [1.807, 2.05) is 90.3 Å². The van der Waals surface area contributed by atoms with Crippen LogP contribution in [-0.2, 0) is 9.59 Å². The Balaban J connectivity index is 1.36. The molecule has 3 aromatic carbocycles. The Morgan fingerprint density at radius 3 is 2.33 bits per heavy atom. The van der Waals surface area contributed by atoms with Crippen LogP contribution in [0.15, 0.2) is 95.2 Å². The standard InChI is InChI=1S/C32H29N3O2S2/c33-20-27-28(22-11-4-1-5-12-22)21-38-32(27)35-31(37)29(23-13-6-2-7-14-23)39-26-18-10-17-25(19-26)34-30(36)24-15-8-3-9-16-24/h1-2,4-7,10-14,17-19,21,24,29H,3,8-9,15-16H2,(H,34,36)(H,35,37). The third kappa shape index (κ3) is 6.59. The number of thiophene rings is 1. The lowest BCUT2D eigenvalue weighted by molar-refractivity contribution is -0.120. The monoisotopic (exact) mass is 551 g/mol. The van der Waals surface area contributed by atoms with E-state index in [2.05, 4.69) is 16.7 Å². The molecule has 1 unspecified atom stereocenters. The fourth-order valence-electron chi connectivity index (χ4n) is 4.86. The van der Waals surface area contributed by atoms with E-state index in [1.54, 1.807) is 0 Å². The van der Waals surface area contributed by atoms with Crippen LogP contribution in [0.1, 0.15) is 48.5 Å². The SMILES string of the molecule is N#Cc1c(-c2ccccc2)csc1NC(=O)C(Sc1cccc(NC(=O)C2CCCCC2)c1)c1ccccc1. The molecule has 0 bridgehead atoms.